The minimum absolute atomic E-state index is 0.751. The van der Waals surface area contributed by atoms with E-state index in [1.165, 1.54) is 29.5 Å². The van der Waals surface area contributed by atoms with Crippen LogP contribution >= 0.6 is 11.6 Å². The Hall–Kier alpha value is -0.690. The SMILES string of the molecule is CC.COc1c(Cl)cc(C)c2c1CCC2. The number of methoxy groups -OCH3 is 1. The molecule has 1 aliphatic rings. The molecule has 1 aromatic carbocycles. The normalized spacial score (nSPS) is 12.9. The first kappa shape index (κ1) is 12.4. The van der Waals surface area contributed by atoms with Crippen LogP contribution < -0.4 is 4.74 Å². The predicted molar refractivity (Wildman–Crippen MR) is 66.1 cm³/mol. The van der Waals surface area contributed by atoms with Crippen molar-refractivity contribution in [3.05, 3.63) is 27.8 Å². The quantitative estimate of drug-likeness (QED) is 0.699. The highest BCUT2D eigenvalue weighted by Crippen LogP contribution is 2.38. The third-order valence-electron chi connectivity index (χ3n) is 2.73. The summed E-state index contributed by atoms with van der Waals surface area (Å²) in [5.41, 5.74) is 4.08. The van der Waals surface area contributed by atoms with Crippen LogP contribution in [0.5, 0.6) is 5.75 Å². The van der Waals surface area contributed by atoms with E-state index in [2.05, 4.69) is 6.92 Å². The maximum Gasteiger partial charge on any atom is 0.140 e. The molecule has 0 N–H and O–H groups in total. The number of aryl methyl sites for hydroxylation is 1. The Bertz CT molecular complexity index is 345. The summed E-state index contributed by atoms with van der Waals surface area (Å²) in [7, 11) is 1.69. The molecule has 0 unspecified atom stereocenters. The number of halogens is 1. The Morgan fingerprint density at radius 1 is 1.20 bits per heavy atom. The highest BCUT2D eigenvalue weighted by atomic mass is 35.5. The Labute approximate surface area is 97.4 Å². The number of benzene rings is 1. The first-order valence-electron chi connectivity index (χ1n) is 5.59. The summed E-state index contributed by atoms with van der Waals surface area (Å²) in [5, 5.41) is 0.751. The van der Waals surface area contributed by atoms with E-state index in [0.717, 1.165) is 17.2 Å². The average molecular weight is 227 g/mol. The van der Waals surface area contributed by atoms with Crippen LogP contribution in [-0.2, 0) is 12.8 Å². The van der Waals surface area contributed by atoms with E-state index in [1.807, 2.05) is 19.9 Å². The average Bonchev–Trinajstić information content (AvgIpc) is 2.70. The van der Waals surface area contributed by atoms with Crippen LogP contribution in [0.25, 0.3) is 0 Å². The molecule has 0 amide bonds. The maximum atomic E-state index is 6.09. The van der Waals surface area contributed by atoms with Gasteiger partial charge in [0.25, 0.3) is 0 Å². The van der Waals surface area contributed by atoms with Crippen molar-refractivity contribution in [2.75, 3.05) is 7.11 Å². The van der Waals surface area contributed by atoms with E-state index < -0.39 is 0 Å². The lowest BCUT2D eigenvalue weighted by Crippen LogP contribution is -1.94. The number of ether oxygens (including phenoxy) is 1. The lowest BCUT2D eigenvalue weighted by molar-refractivity contribution is 0.410. The van der Waals surface area contributed by atoms with E-state index in [-0.39, 0.29) is 0 Å². The molecule has 1 aliphatic carbocycles. The van der Waals surface area contributed by atoms with Crippen LogP contribution in [0, 0.1) is 6.92 Å². The molecule has 2 heteroatoms. The fourth-order valence-electron chi connectivity index (χ4n) is 2.14. The molecule has 0 spiro atoms. The summed E-state index contributed by atoms with van der Waals surface area (Å²) < 4.78 is 5.31. The van der Waals surface area contributed by atoms with Crippen molar-refractivity contribution >= 4 is 11.6 Å². The van der Waals surface area contributed by atoms with Crippen molar-refractivity contribution in [3.8, 4) is 5.75 Å². The summed E-state index contributed by atoms with van der Waals surface area (Å²) in [6.45, 7) is 6.12. The van der Waals surface area contributed by atoms with Gasteiger partial charge in [-0.3, -0.25) is 0 Å². The van der Waals surface area contributed by atoms with E-state index in [1.54, 1.807) is 7.11 Å². The molecule has 0 heterocycles. The maximum absolute atomic E-state index is 6.09. The summed E-state index contributed by atoms with van der Waals surface area (Å²) in [6.07, 6.45) is 3.52. The molecule has 0 aliphatic heterocycles. The molecule has 15 heavy (non-hydrogen) atoms. The van der Waals surface area contributed by atoms with Gasteiger partial charge in [-0.1, -0.05) is 25.4 Å². The van der Waals surface area contributed by atoms with Crippen LogP contribution in [0.2, 0.25) is 5.02 Å². The van der Waals surface area contributed by atoms with Gasteiger partial charge in [-0.25, -0.2) is 0 Å². The number of hydrogen-bond donors (Lipinski definition) is 0. The largest absolute Gasteiger partial charge is 0.495 e. The van der Waals surface area contributed by atoms with Crippen LogP contribution in [0.4, 0.5) is 0 Å². The molecule has 1 nitrogen and oxygen atoms in total. The highest BCUT2D eigenvalue weighted by molar-refractivity contribution is 6.32. The predicted octanol–water partition coefficient (Wildman–Crippen LogP) is 4.17. The van der Waals surface area contributed by atoms with E-state index in [4.69, 9.17) is 16.3 Å². The van der Waals surface area contributed by atoms with Crippen LogP contribution in [0.1, 0.15) is 37.0 Å². The standard InChI is InChI=1S/C11H13ClO.C2H6/c1-7-6-10(12)11(13-2)9-5-3-4-8(7)9;1-2/h6H,3-5H2,1-2H3;1-2H3. The molecule has 2 rings (SSSR count). The van der Waals surface area contributed by atoms with E-state index in [9.17, 15) is 0 Å². The topological polar surface area (TPSA) is 9.23 Å². The molecule has 0 bridgehead atoms. The first-order chi connectivity index (χ1) is 7.24. The summed E-state index contributed by atoms with van der Waals surface area (Å²) >= 11 is 6.09. The number of hydrogen-bond acceptors (Lipinski definition) is 1. The van der Waals surface area contributed by atoms with Gasteiger partial charge < -0.3 is 4.74 Å². The zero-order valence-electron chi connectivity index (χ0n) is 9.98. The lowest BCUT2D eigenvalue weighted by Gasteiger charge is -2.11. The number of fused-ring (bicyclic) bond motifs is 1. The van der Waals surface area contributed by atoms with E-state index >= 15 is 0 Å². The Morgan fingerprint density at radius 2 is 1.80 bits per heavy atom. The van der Waals surface area contributed by atoms with Crippen molar-refractivity contribution < 1.29 is 4.74 Å². The first-order valence-corrected chi connectivity index (χ1v) is 5.96. The van der Waals surface area contributed by atoms with Gasteiger partial charge in [-0.15, -0.1) is 0 Å². The zero-order chi connectivity index (χ0) is 11.4. The monoisotopic (exact) mass is 226 g/mol. The van der Waals surface area contributed by atoms with Crippen LogP contribution in [-0.4, -0.2) is 7.11 Å². The van der Waals surface area contributed by atoms with Gasteiger partial charge in [0.15, 0.2) is 0 Å². The lowest BCUT2D eigenvalue weighted by atomic mass is 10.0. The second kappa shape index (κ2) is 5.41. The molecule has 0 saturated heterocycles. The van der Waals surface area contributed by atoms with Crippen molar-refractivity contribution in [2.45, 2.75) is 40.0 Å². The summed E-state index contributed by atoms with van der Waals surface area (Å²) in [5.74, 6) is 0.889. The zero-order valence-corrected chi connectivity index (χ0v) is 10.7. The smallest absolute Gasteiger partial charge is 0.140 e. The minimum Gasteiger partial charge on any atom is -0.495 e. The molecule has 0 saturated carbocycles. The van der Waals surface area contributed by atoms with Gasteiger partial charge in [0.1, 0.15) is 5.75 Å². The third kappa shape index (κ3) is 2.28. The van der Waals surface area contributed by atoms with Gasteiger partial charge in [0, 0.05) is 0 Å². The molecule has 0 atom stereocenters. The van der Waals surface area contributed by atoms with Gasteiger partial charge in [0.2, 0.25) is 0 Å². The third-order valence-corrected chi connectivity index (χ3v) is 3.01. The van der Waals surface area contributed by atoms with Crippen LogP contribution in [0.3, 0.4) is 0 Å². The summed E-state index contributed by atoms with van der Waals surface area (Å²) in [4.78, 5) is 0. The molecule has 0 aromatic heterocycles. The molecule has 1 aromatic rings. The van der Waals surface area contributed by atoms with Crippen molar-refractivity contribution in [1.82, 2.24) is 0 Å². The molecule has 84 valence electrons. The summed E-state index contributed by atoms with van der Waals surface area (Å²) in [6, 6.07) is 2.00. The Kier molecular flexibility index (Phi) is 4.46. The highest BCUT2D eigenvalue weighted by Gasteiger charge is 2.19. The fourth-order valence-corrected chi connectivity index (χ4v) is 2.49. The number of rotatable bonds is 1. The van der Waals surface area contributed by atoms with Gasteiger partial charge >= 0.3 is 0 Å². The second-order valence-electron chi connectivity index (χ2n) is 3.52. The van der Waals surface area contributed by atoms with Crippen molar-refractivity contribution in [3.63, 3.8) is 0 Å². The second-order valence-corrected chi connectivity index (χ2v) is 3.93. The molecule has 0 fully saturated rings. The Balaban J connectivity index is 0.000000531. The van der Waals surface area contributed by atoms with Gasteiger partial charge in [-0.2, -0.15) is 0 Å². The minimum atomic E-state index is 0.751. The van der Waals surface area contributed by atoms with Crippen molar-refractivity contribution in [1.29, 1.82) is 0 Å². The molecule has 0 radical (unpaired) electrons. The molecular formula is C13H19ClO. The van der Waals surface area contributed by atoms with Crippen molar-refractivity contribution in [2.24, 2.45) is 0 Å². The van der Waals surface area contributed by atoms with Crippen LogP contribution in [0.15, 0.2) is 6.07 Å². The Morgan fingerprint density at radius 3 is 2.40 bits per heavy atom. The van der Waals surface area contributed by atoms with Gasteiger partial charge in [0.05, 0.1) is 12.1 Å². The van der Waals surface area contributed by atoms with E-state index in [0.29, 0.717) is 0 Å². The molecular weight excluding hydrogens is 208 g/mol. The van der Waals surface area contributed by atoms with Gasteiger partial charge in [-0.05, 0) is 48.9 Å². The fraction of sp³-hybridized carbons (Fsp3) is 0.538.